The van der Waals surface area contributed by atoms with Crippen molar-refractivity contribution in [3.63, 3.8) is 0 Å². The predicted octanol–water partition coefficient (Wildman–Crippen LogP) is 4.54. The Balaban J connectivity index is 2.13. The monoisotopic (exact) mass is 319 g/mol. The molecule has 0 saturated heterocycles. The normalized spacial score (nSPS) is 10.7. The van der Waals surface area contributed by atoms with E-state index in [-0.39, 0.29) is 0 Å². The standard InChI is InChI=1S/C16H21N3S2/c1-5-17-14-9-15(19-16(18-14)20-4)21-10-13-7-11(2)6-12(3)8-13/h6-9H,5,10H2,1-4H3,(H,17,18,19). The van der Waals surface area contributed by atoms with Crippen molar-refractivity contribution in [3.05, 3.63) is 41.0 Å². The average molecular weight is 319 g/mol. The van der Waals surface area contributed by atoms with Gasteiger partial charge in [0.15, 0.2) is 5.16 Å². The second-order valence-electron chi connectivity index (χ2n) is 4.89. The highest BCUT2D eigenvalue weighted by Gasteiger charge is 2.05. The summed E-state index contributed by atoms with van der Waals surface area (Å²) in [5, 5.41) is 5.10. The van der Waals surface area contributed by atoms with Gasteiger partial charge in [0, 0.05) is 18.4 Å². The third-order valence-corrected chi connectivity index (χ3v) is 4.42. The lowest BCUT2D eigenvalue weighted by molar-refractivity contribution is 0.891. The first kappa shape index (κ1) is 16.2. The van der Waals surface area contributed by atoms with E-state index in [0.717, 1.165) is 28.3 Å². The molecule has 0 radical (unpaired) electrons. The summed E-state index contributed by atoms with van der Waals surface area (Å²) in [5.74, 6) is 1.83. The Morgan fingerprint density at radius 3 is 2.38 bits per heavy atom. The smallest absolute Gasteiger partial charge is 0.190 e. The summed E-state index contributed by atoms with van der Waals surface area (Å²) in [6, 6.07) is 8.70. The van der Waals surface area contributed by atoms with Gasteiger partial charge in [0.25, 0.3) is 0 Å². The van der Waals surface area contributed by atoms with Crippen molar-refractivity contribution in [2.75, 3.05) is 18.1 Å². The van der Waals surface area contributed by atoms with Crippen LogP contribution in [0.2, 0.25) is 0 Å². The molecule has 1 aromatic carbocycles. The van der Waals surface area contributed by atoms with Crippen LogP contribution in [0.25, 0.3) is 0 Å². The molecule has 2 rings (SSSR count). The Hall–Kier alpha value is -1.20. The van der Waals surface area contributed by atoms with Crippen LogP contribution in [0.15, 0.2) is 34.4 Å². The number of hydrogen-bond donors (Lipinski definition) is 1. The van der Waals surface area contributed by atoms with Gasteiger partial charge in [-0.1, -0.05) is 41.1 Å². The molecule has 0 aliphatic rings. The molecule has 0 spiro atoms. The second-order valence-corrected chi connectivity index (χ2v) is 6.66. The van der Waals surface area contributed by atoms with Gasteiger partial charge in [-0.25, -0.2) is 9.97 Å². The highest BCUT2D eigenvalue weighted by Crippen LogP contribution is 2.25. The van der Waals surface area contributed by atoms with Gasteiger partial charge < -0.3 is 5.32 Å². The van der Waals surface area contributed by atoms with Crippen LogP contribution in [0.1, 0.15) is 23.6 Å². The van der Waals surface area contributed by atoms with E-state index in [2.05, 4.69) is 54.3 Å². The maximum atomic E-state index is 4.57. The number of hydrogen-bond acceptors (Lipinski definition) is 5. The third kappa shape index (κ3) is 4.93. The van der Waals surface area contributed by atoms with Gasteiger partial charge in [0.1, 0.15) is 10.8 Å². The largest absolute Gasteiger partial charge is 0.370 e. The summed E-state index contributed by atoms with van der Waals surface area (Å²) >= 11 is 3.33. The van der Waals surface area contributed by atoms with E-state index in [0.29, 0.717) is 0 Å². The summed E-state index contributed by atoms with van der Waals surface area (Å²) in [7, 11) is 0. The van der Waals surface area contributed by atoms with Crippen molar-refractivity contribution < 1.29 is 0 Å². The van der Waals surface area contributed by atoms with E-state index >= 15 is 0 Å². The second kappa shape index (κ2) is 7.71. The average Bonchev–Trinajstić information content (AvgIpc) is 2.44. The topological polar surface area (TPSA) is 37.8 Å². The summed E-state index contributed by atoms with van der Waals surface area (Å²) in [6.07, 6.45) is 2.00. The Labute approximate surface area is 135 Å². The van der Waals surface area contributed by atoms with E-state index < -0.39 is 0 Å². The van der Waals surface area contributed by atoms with E-state index in [4.69, 9.17) is 0 Å². The molecule has 3 nitrogen and oxygen atoms in total. The minimum atomic E-state index is 0.816. The van der Waals surface area contributed by atoms with Gasteiger partial charge in [0.05, 0.1) is 0 Å². The van der Waals surface area contributed by atoms with E-state index in [1.165, 1.54) is 16.7 Å². The van der Waals surface area contributed by atoms with Gasteiger partial charge in [-0.15, -0.1) is 11.8 Å². The summed E-state index contributed by atoms with van der Waals surface area (Å²) in [6.45, 7) is 7.22. The molecule has 0 aliphatic heterocycles. The van der Waals surface area contributed by atoms with Crippen LogP contribution < -0.4 is 5.32 Å². The predicted molar refractivity (Wildman–Crippen MR) is 93.5 cm³/mol. The van der Waals surface area contributed by atoms with Crippen LogP contribution in [0, 0.1) is 13.8 Å². The molecule has 0 fully saturated rings. The molecule has 0 atom stereocenters. The fourth-order valence-corrected chi connectivity index (χ4v) is 3.41. The first-order valence-electron chi connectivity index (χ1n) is 6.97. The summed E-state index contributed by atoms with van der Waals surface area (Å²) in [5.41, 5.74) is 3.96. The maximum absolute atomic E-state index is 4.57. The zero-order chi connectivity index (χ0) is 15.2. The van der Waals surface area contributed by atoms with Crippen molar-refractivity contribution in [2.24, 2.45) is 0 Å². The van der Waals surface area contributed by atoms with Crippen molar-refractivity contribution in [3.8, 4) is 0 Å². The van der Waals surface area contributed by atoms with Crippen molar-refractivity contribution in [2.45, 2.75) is 36.7 Å². The minimum absolute atomic E-state index is 0.816. The lowest BCUT2D eigenvalue weighted by Gasteiger charge is -2.08. The first-order chi connectivity index (χ1) is 10.1. The molecule has 112 valence electrons. The van der Waals surface area contributed by atoms with Crippen LogP contribution in [0.3, 0.4) is 0 Å². The number of nitrogens with one attached hydrogen (secondary N) is 1. The van der Waals surface area contributed by atoms with E-state index in [1.807, 2.05) is 12.3 Å². The zero-order valence-corrected chi connectivity index (χ0v) is 14.6. The van der Waals surface area contributed by atoms with Crippen LogP contribution in [-0.4, -0.2) is 22.8 Å². The minimum Gasteiger partial charge on any atom is -0.370 e. The van der Waals surface area contributed by atoms with Gasteiger partial charge in [-0.3, -0.25) is 0 Å². The zero-order valence-electron chi connectivity index (χ0n) is 12.9. The lowest BCUT2D eigenvalue weighted by atomic mass is 10.1. The highest BCUT2D eigenvalue weighted by atomic mass is 32.2. The number of benzene rings is 1. The SMILES string of the molecule is CCNc1cc(SCc2cc(C)cc(C)c2)nc(SC)n1. The van der Waals surface area contributed by atoms with Crippen molar-refractivity contribution >= 4 is 29.3 Å². The molecule has 0 amide bonds. The molecule has 2 aromatic rings. The van der Waals surface area contributed by atoms with Gasteiger partial charge in [0.2, 0.25) is 0 Å². The lowest BCUT2D eigenvalue weighted by Crippen LogP contribution is -2.01. The number of anilines is 1. The number of rotatable bonds is 6. The molecule has 5 heteroatoms. The maximum Gasteiger partial charge on any atom is 0.190 e. The molecule has 1 heterocycles. The first-order valence-corrected chi connectivity index (χ1v) is 9.18. The number of nitrogens with zero attached hydrogens (tertiary/aromatic N) is 2. The highest BCUT2D eigenvalue weighted by molar-refractivity contribution is 7.99. The molecular formula is C16H21N3S2. The van der Waals surface area contributed by atoms with Gasteiger partial charge in [-0.05, 0) is 32.6 Å². The Bertz CT molecular complexity index is 594. The number of thioether (sulfide) groups is 2. The molecule has 0 unspecified atom stereocenters. The van der Waals surface area contributed by atoms with Crippen molar-refractivity contribution in [1.82, 2.24) is 9.97 Å². The molecule has 1 N–H and O–H groups in total. The van der Waals surface area contributed by atoms with Gasteiger partial charge >= 0.3 is 0 Å². The van der Waals surface area contributed by atoms with Gasteiger partial charge in [-0.2, -0.15) is 0 Å². The molecule has 0 aliphatic carbocycles. The van der Waals surface area contributed by atoms with Crippen LogP contribution in [0.5, 0.6) is 0 Å². The molecule has 0 saturated carbocycles. The van der Waals surface area contributed by atoms with Crippen molar-refractivity contribution in [1.29, 1.82) is 0 Å². The van der Waals surface area contributed by atoms with E-state index in [1.54, 1.807) is 23.5 Å². The molecule has 1 aromatic heterocycles. The third-order valence-electron chi connectivity index (χ3n) is 2.89. The summed E-state index contributed by atoms with van der Waals surface area (Å²) < 4.78 is 0. The Morgan fingerprint density at radius 2 is 1.76 bits per heavy atom. The fourth-order valence-electron chi connectivity index (χ4n) is 2.15. The summed E-state index contributed by atoms with van der Waals surface area (Å²) in [4.78, 5) is 9.02. The quantitative estimate of drug-likeness (QED) is 0.481. The molecule has 21 heavy (non-hydrogen) atoms. The van der Waals surface area contributed by atoms with Crippen LogP contribution in [0.4, 0.5) is 5.82 Å². The van der Waals surface area contributed by atoms with E-state index in [9.17, 15) is 0 Å². The molecular weight excluding hydrogens is 298 g/mol. The van der Waals surface area contributed by atoms with Crippen LogP contribution >= 0.6 is 23.5 Å². The van der Waals surface area contributed by atoms with Crippen LogP contribution in [-0.2, 0) is 5.75 Å². The Kier molecular flexibility index (Phi) is 5.94. The number of aryl methyl sites for hydroxylation is 2. The fraction of sp³-hybridized carbons (Fsp3) is 0.375. The molecule has 0 bridgehead atoms. The Morgan fingerprint density at radius 1 is 1.05 bits per heavy atom. The number of aromatic nitrogens is 2.